The van der Waals surface area contributed by atoms with Crippen molar-refractivity contribution in [2.24, 2.45) is 4.99 Å². The number of ether oxygens (including phenoxy) is 1. The predicted octanol–water partition coefficient (Wildman–Crippen LogP) is 3.55. The molecule has 2 atom stereocenters. The zero-order valence-electron chi connectivity index (χ0n) is 17.3. The van der Waals surface area contributed by atoms with Crippen molar-refractivity contribution in [1.29, 1.82) is 0 Å². The maximum Gasteiger partial charge on any atom is 0.416 e. The fourth-order valence-corrected chi connectivity index (χ4v) is 3.50. The first-order chi connectivity index (χ1) is 14.3. The molecule has 6 nitrogen and oxygen atoms in total. The molecule has 2 aromatic rings. The minimum absolute atomic E-state index is 0.0112. The Kier molecular flexibility index (Phi) is 7.04. The standard InChI is InChI=1S/C21H27F3N4O2/c1-25-20(26-13-17(27(2)3)18-8-5-10-29-18)28-9-11-30-19(14-28)15-6-4-7-16(12-15)21(22,23)24/h4-8,10,12,17,19H,9,11,13-14H2,1-3H3,(H,25,26). The summed E-state index contributed by atoms with van der Waals surface area (Å²) in [5, 5.41) is 3.36. The zero-order chi connectivity index (χ0) is 21.7. The molecular weight excluding hydrogens is 397 g/mol. The summed E-state index contributed by atoms with van der Waals surface area (Å²) in [7, 11) is 5.63. The first-order valence-corrected chi connectivity index (χ1v) is 9.73. The molecule has 0 bridgehead atoms. The first kappa shape index (κ1) is 22.2. The second-order valence-electron chi connectivity index (χ2n) is 7.35. The third-order valence-electron chi connectivity index (χ3n) is 5.11. The highest BCUT2D eigenvalue weighted by Gasteiger charge is 2.32. The van der Waals surface area contributed by atoms with Crippen molar-refractivity contribution in [3.05, 3.63) is 59.5 Å². The first-order valence-electron chi connectivity index (χ1n) is 9.73. The van der Waals surface area contributed by atoms with E-state index in [2.05, 4.69) is 10.3 Å². The number of nitrogens with one attached hydrogen (secondary N) is 1. The number of likely N-dealkylation sites (N-methyl/N-ethyl adjacent to an activating group) is 1. The molecule has 1 fully saturated rings. The monoisotopic (exact) mass is 424 g/mol. The van der Waals surface area contributed by atoms with Crippen LogP contribution in [0.3, 0.4) is 0 Å². The summed E-state index contributed by atoms with van der Waals surface area (Å²) in [5.74, 6) is 1.51. The molecule has 2 unspecified atom stereocenters. The molecule has 9 heteroatoms. The van der Waals surface area contributed by atoms with Crippen LogP contribution < -0.4 is 5.32 Å². The normalized spacial score (nSPS) is 19.2. The lowest BCUT2D eigenvalue weighted by Gasteiger charge is -2.36. The summed E-state index contributed by atoms with van der Waals surface area (Å²) in [6.07, 6.45) is -3.20. The van der Waals surface area contributed by atoms with Crippen LogP contribution in [0.4, 0.5) is 13.2 Å². The quantitative estimate of drug-likeness (QED) is 0.588. The van der Waals surface area contributed by atoms with Crippen LogP contribution in [0.15, 0.2) is 52.1 Å². The smallest absolute Gasteiger partial charge is 0.416 e. The molecule has 2 heterocycles. The Balaban J connectivity index is 1.68. The van der Waals surface area contributed by atoms with Gasteiger partial charge < -0.3 is 19.4 Å². The molecule has 0 amide bonds. The van der Waals surface area contributed by atoms with E-state index in [0.717, 1.165) is 17.9 Å². The van der Waals surface area contributed by atoms with Gasteiger partial charge in [0.05, 0.1) is 31.0 Å². The molecule has 0 spiro atoms. The van der Waals surface area contributed by atoms with Gasteiger partial charge in [0.15, 0.2) is 5.96 Å². The molecule has 30 heavy (non-hydrogen) atoms. The highest BCUT2D eigenvalue weighted by molar-refractivity contribution is 5.80. The van der Waals surface area contributed by atoms with Gasteiger partial charge in [0.1, 0.15) is 11.9 Å². The number of rotatable bonds is 5. The lowest BCUT2D eigenvalue weighted by atomic mass is 10.0. The van der Waals surface area contributed by atoms with Gasteiger partial charge in [0.25, 0.3) is 0 Å². The van der Waals surface area contributed by atoms with Crippen LogP contribution in [-0.4, -0.2) is 63.1 Å². The van der Waals surface area contributed by atoms with Crippen molar-refractivity contribution >= 4 is 5.96 Å². The van der Waals surface area contributed by atoms with Crippen LogP contribution in [-0.2, 0) is 10.9 Å². The van der Waals surface area contributed by atoms with Gasteiger partial charge in [-0.15, -0.1) is 0 Å². The minimum atomic E-state index is -4.38. The number of hydrogen-bond acceptors (Lipinski definition) is 4. The van der Waals surface area contributed by atoms with Gasteiger partial charge in [-0.05, 0) is 43.9 Å². The van der Waals surface area contributed by atoms with E-state index in [4.69, 9.17) is 9.15 Å². The number of benzene rings is 1. The van der Waals surface area contributed by atoms with E-state index < -0.39 is 17.8 Å². The average Bonchev–Trinajstić information content (AvgIpc) is 3.25. The molecule has 1 aliphatic rings. The SMILES string of the molecule is CN=C(NCC(c1ccco1)N(C)C)N1CCOC(c2cccc(C(F)(F)F)c2)C1. The Hall–Kier alpha value is -2.52. The van der Waals surface area contributed by atoms with Crippen molar-refractivity contribution in [3.8, 4) is 0 Å². The third kappa shape index (κ3) is 5.34. The maximum atomic E-state index is 13.1. The van der Waals surface area contributed by atoms with Crippen molar-refractivity contribution in [2.75, 3.05) is 47.4 Å². The second-order valence-corrected chi connectivity index (χ2v) is 7.35. The number of halogens is 3. The minimum Gasteiger partial charge on any atom is -0.468 e. The molecule has 0 saturated carbocycles. The molecule has 0 aliphatic carbocycles. The van der Waals surface area contributed by atoms with Gasteiger partial charge in [-0.25, -0.2) is 0 Å². The highest BCUT2D eigenvalue weighted by atomic mass is 19.4. The largest absolute Gasteiger partial charge is 0.468 e. The van der Waals surface area contributed by atoms with E-state index in [1.54, 1.807) is 19.4 Å². The number of morpholine rings is 1. The van der Waals surface area contributed by atoms with Crippen LogP contribution in [0.2, 0.25) is 0 Å². The fourth-order valence-electron chi connectivity index (χ4n) is 3.50. The topological polar surface area (TPSA) is 53.2 Å². The van der Waals surface area contributed by atoms with Crippen LogP contribution >= 0.6 is 0 Å². The van der Waals surface area contributed by atoms with E-state index in [9.17, 15) is 13.2 Å². The molecule has 1 N–H and O–H groups in total. The Labute approximate surface area is 174 Å². The summed E-state index contributed by atoms with van der Waals surface area (Å²) in [6.45, 7) is 1.98. The van der Waals surface area contributed by atoms with Crippen LogP contribution in [0, 0.1) is 0 Å². The van der Waals surface area contributed by atoms with E-state index in [-0.39, 0.29) is 6.04 Å². The van der Waals surface area contributed by atoms with E-state index in [1.165, 1.54) is 6.07 Å². The summed E-state index contributed by atoms with van der Waals surface area (Å²) >= 11 is 0. The van der Waals surface area contributed by atoms with Crippen LogP contribution in [0.5, 0.6) is 0 Å². The van der Waals surface area contributed by atoms with Gasteiger partial charge in [0, 0.05) is 20.1 Å². The highest BCUT2D eigenvalue weighted by Crippen LogP contribution is 2.32. The Morgan fingerprint density at radius 1 is 1.30 bits per heavy atom. The van der Waals surface area contributed by atoms with Crippen molar-refractivity contribution in [3.63, 3.8) is 0 Å². The lowest BCUT2D eigenvalue weighted by molar-refractivity contribution is -0.137. The van der Waals surface area contributed by atoms with Gasteiger partial charge >= 0.3 is 6.18 Å². The number of aliphatic imine (C=N–C) groups is 1. The Bertz CT molecular complexity index is 837. The molecule has 1 aliphatic heterocycles. The molecule has 1 aromatic heterocycles. The van der Waals surface area contributed by atoms with Gasteiger partial charge in [-0.1, -0.05) is 12.1 Å². The Morgan fingerprint density at radius 2 is 2.10 bits per heavy atom. The average molecular weight is 424 g/mol. The number of hydrogen-bond donors (Lipinski definition) is 1. The van der Waals surface area contributed by atoms with Gasteiger partial charge in [-0.2, -0.15) is 13.2 Å². The molecule has 1 aromatic carbocycles. The molecule has 164 valence electrons. The van der Waals surface area contributed by atoms with Crippen molar-refractivity contribution in [2.45, 2.75) is 18.3 Å². The van der Waals surface area contributed by atoms with E-state index in [0.29, 0.717) is 37.8 Å². The predicted molar refractivity (Wildman–Crippen MR) is 108 cm³/mol. The number of nitrogens with zero attached hydrogens (tertiary/aromatic N) is 3. The van der Waals surface area contributed by atoms with E-state index >= 15 is 0 Å². The van der Waals surface area contributed by atoms with Crippen LogP contribution in [0.25, 0.3) is 0 Å². The van der Waals surface area contributed by atoms with Crippen LogP contribution in [0.1, 0.15) is 29.0 Å². The van der Waals surface area contributed by atoms with Crippen molar-refractivity contribution < 1.29 is 22.3 Å². The molecule has 3 rings (SSSR count). The summed E-state index contributed by atoms with van der Waals surface area (Å²) in [6, 6.07) is 9.09. The number of alkyl halides is 3. The third-order valence-corrected chi connectivity index (χ3v) is 5.11. The molecular formula is C21H27F3N4O2. The second kappa shape index (κ2) is 9.53. The summed E-state index contributed by atoms with van der Waals surface area (Å²) in [4.78, 5) is 8.40. The van der Waals surface area contributed by atoms with Gasteiger partial charge in [0.2, 0.25) is 0 Å². The number of furan rings is 1. The van der Waals surface area contributed by atoms with Gasteiger partial charge in [-0.3, -0.25) is 9.89 Å². The lowest BCUT2D eigenvalue weighted by Crippen LogP contribution is -2.49. The van der Waals surface area contributed by atoms with E-state index in [1.807, 2.05) is 36.0 Å². The Morgan fingerprint density at radius 3 is 2.73 bits per heavy atom. The van der Waals surface area contributed by atoms with Crippen molar-refractivity contribution in [1.82, 2.24) is 15.1 Å². The summed E-state index contributed by atoms with van der Waals surface area (Å²) < 4.78 is 50.5. The molecule has 1 saturated heterocycles. The molecule has 0 radical (unpaired) electrons. The number of guanidine groups is 1. The fraction of sp³-hybridized carbons (Fsp3) is 0.476. The zero-order valence-corrected chi connectivity index (χ0v) is 17.3. The maximum absolute atomic E-state index is 13.1. The summed E-state index contributed by atoms with van der Waals surface area (Å²) in [5.41, 5.74) is -0.165.